The number of ether oxygens (including phenoxy) is 2. The molecule has 2 saturated heterocycles. The van der Waals surface area contributed by atoms with Gasteiger partial charge in [0.1, 0.15) is 5.75 Å². The topological polar surface area (TPSA) is 98.0 Å². The second-order valence-corrected chi connectivity index (χ2v) is 9.87. The summed E-state index contributed by atoms with van der Waals surface area (Å²) in [6.45, 7) is 5.59. The summed E-state index contributed by atoms with van der Waals surface area (Å²) in [5.74, 6) is 3.14. The number of rotatable bonds is 7. The lowest BCUT2D eigenvalue weighted by atomic mass is 9.93. The molecular formula is C26H34N4O5. The summed E-state index contributed by atoms with van der Waals surface area (Å²) in [5, 5.41) is 4.20. The molecule has 0 radical (unpaired) electrons. The normalized spacial score (nSPS) is 19.5. The Labute approximate surface area is 205 Å². The van der Waals surface area contributed by atoms with Gasteiger partial charge in [-0.3, -0.25) is 9.59 Å². The Morgan fingerprint density at radius 2 is 1.94 bits per heavy atom. The van der Waals surface area contributed by atoms with E-state index in [4.69, 9.17) is 14.0 Å². The average Bonchev–Trinajstić information content (AvgIpc) is 3.35. The van der Waals surface area contributed by atoms with Crippen molar-refractivity contribution >= 4 is 17.5 Å². The zero-order valence-corrected chi connectivity index (χ0v) is 20.4. The van der Waals surface area contributed by atoms with Gasteiger partial charge in [-0.05, 0) is 62.6 Å². The van der Waals surface area contributed by atoms with Crippen molar-refractivity contribution in [1.29, 1.82) is 0 Å². The predicted octanol–water partition coefficient (Wildman–Crippen LogP) is 3.26. The molecule has 1 aromatic carbocycles. The van der Waals surface area contributed by atoms with Gasteiger partial charge in [-0.25, -0.2) is 0 Å². The molecule has 4 heterocycles. The van der Waals surface area contributed by atoms with E-state index in [0.29, 0.717) is 37.1 Å². The molecule has 0 N–H and O–H groups in total. The summed E-state index contributed by atoms with van der Waals surface area (Å²) in [7, 11) is 0. The van der Waals surface area contributed by atoms with Crippen molar-refractivity contribution in [1.82, 2.24) is 15.0 Å². The van der Waals surface area contributed by atoms with Crippen LogP contribution in [0.2, 0.25) is 0 Å². The lowest BCUT2D eigenvalue weighted by Gasteiger charge is -2.32. The van der Waals surface area contributed by atoms with Crippen LogP contribution in [0.25, 0.3) is 0 Å². The van der Waals surface area contributed by atoms with E-state index in [0.717, 1.165) is 81.2 Å². The molecule has 0 unspecified atom stereocenters. The number of fused-ring (bicyclic) bond motifs is 1. The second kappa shape index (κ2) is 10.8. The van der Waals surface area contributed by atoms with Crippen LogP contribution in [0.5, 0.6) is 5.75 Å². The summed E-state index contributed by atoms with van der Waals surface area (Å²) in [5.41, 5.74) is 1.88. The van der Waals surface area contributed by atoms with Crippen LogP contribution in [-0.4, -0.2) is 66.3 Å². The van der Waals surface area contributed by atoms with E-state index in [9.17, 15) is 9.59 Å². The van der Waals surface area contributed by atoms with Gasteiger partial charge < -0.3 is 23.8 Å². The molecule has 35 heavy (non-hydrogen) atoms. The van der Waals surface area contributed by atoms with Crippen molar-refractivity contribution in [3.8, 4) is 5.75 Å². The maximum atomic E-state index is 12.8. The quantitative estimate of drug-likeness (QED) is 0.597. The molecule has 9 heteroatoms. The standard InChI is InChI=1S/C26H34N4O5/c1-18-4-5-22-21(15-18)30(25(32)17-34-22)10-2-3-24(31)29-11-6-19(7-12-29)16-23-27-26(28-35-23)20-8-13-33-14-9-20/h4-5,15,19-20H,2-3,6-14,16-17H2,1H3. The van der Waals surface area contributed by atoms with Gasteiger partial charge in [0.25, 0.3) is 5.91 Å². The van der Waals surface area contributed by atoms with Crippen molar-refractivity contribution in [2.24, 2.45) is 5.92 Å². The van der Waals surface area contributed by atoms with E-state index in [-0.39, 0.29) is 18.4 Å². The number of carbonyl (C=O) groups excluding carboxylic acids is 2. The van der Waals surface area contributed by atoms with Crippen LogP contribution in [0.3, 0.4) is 0 Å². The summed E-state index contributed by atoms with van der Waals surface area (Å²) in [4.78, 5) is 33.6. The molecule has 3 aliphatic rings. The van der Waals surface area contributed by atoms with E-state index in [1.54, 1.807) is 4.90 Å². The molecule has 3 aliphatic heterocycles. The molecule has 188 valence electrons. The molecule has 1 aromatic heterocycles. The van der Waals surface area contributed by atoms with Crippen molar-refractivity contribution in [2.75, 3.05) is 44.4 Å². The van der Waals surface area contributed by atoms with Crippen molar-refractivity contribution in [3.05, 3.63) is 35.5 Å². The van der Waals surface area contributed by atoms with Gasteiger partial charge in [-0.2, -0.15) is 4.98 Å². The van der Waals surface area contributed by atoms with E-state index in [2.05, 4.69) is 10.1 Å². The molecule has 0 saturated carbocycles. The number of nitrogens with zero attached hydrogens (tertiary/aromatic N) is 4. The monoisotopic (exact) mass is 482 g/mol. The number of likely N-dealkylation sites (tertiary alicyclic amines) is 1. The van der Waals surface area contributed by atoms with Crippen LogP contribution >= 0.6 is 0 Å². The van der Waals surface area contributed by atoms with Gasteiger partial charge in [-0.1, -0.05) is 11.2 Å². The Morgan fingerprint density at radius 3 is 2.74 bits per heavy atom. The van der Waals surface area contributed by atoms with Gasteiger partial charge in [0, 0.05) is 51.6 Å². The summed E-state index contributed by atoms with van der Waals surface area (Å²) >= 11 is 0. The maximum Gasteiger partial charge on any atom is 0.265 e. The third kappa shape index (κ3) is 5.66. The Bertz CT molecular complexity index is 1040. The lowest BCUT2D eigenvalue weighted by Crippen LogP contribution is -2.41. The molecule has 5 rings (SSSR count). The number of benzene rings is 1. The van der Waals surface area contributed by atoms with Crippen LogP contribution in [-0.2, 0) is 20.7 Å². The third-order valence-corrected chi connectivity index (χ3v) is 7.33. The number of carbonyl (C=O) groups is 2. The van der Waals surface area contributed by atoms with Gasteiger partial charge >= 0.3 is 0 Å². The number of hydrogen-bond acceptors (Lipinski definition) is 7. The minimum absolute atomic E-state index is 0.0497. The zero-order valence-electron chi connectivity index (χ0n) is 20.4. The lowest BCUT2D eigenvalue weighted by molar-refractivity contribution is -0.132. The fourth-order valence-electron chi connectivity index (χ4n) is 5.21. The Balaban J connectivity index is 1.06. The zero-order chi connectivity index (χ0) is 24.2. The highest BCUT2D eigenvalue weighted by Gasteiger charge is 2.28. The number of aryl methyl sites for hydroxylation is 1. The van der Waals surface area contributed by atoms with Crippen molar-refractivity contribution < 1.29 is 23.6 Å². The van der Waals surface area contributed by atoms with Crippen LogP contribution in [0.15, 0.2) is 22.7 Å². The third-order valence-electron chi connectivity index (χ3n) is 7.33. The molecule has 0 atom stereocenters. The maximum absolute atomic E-state index is 12.8. The van der Waals surface area contributed by atoms with Crippen molar-refractivity contribution in [2.45, 2.75) is 57.8 Å². The van der Waals surface area contributed by atoms with Crippen LogP contribution in [0.4, 0.5) is 5.69 Å². The minimum atomic E-state index is -0.0580. The number of aromatic nitrogens is 2. The minimum Gasteiger partial charge on any atom is -0.482 e. The first-order valence-electron chi connectivity index (χ1n) is 12.8. The number of anilines is 1. The molecule has 2 aromatic rings. The second-order valence-electron chi connectivity index (χ2n) is 9.87. The van der Waals surface area contributed by atoms with Gasteiger partial charge in [0.2, 0.25) is 11.8 Å². The van der Waals surface area contributed by atoms with Gasteiger partial charge in [0.05, 0.1) is 5.69 Å². The van der Waals surface area contributed by atoms with E-state index < -0.39 is 0 Å². The molecule has 9 nitrogen and oxygen atoms in total. The first kappa shape index (κ1) is 23.8. The van der Waals surface area contributed by atoms with Crippen LogP contribution in [0, 0.1) is 12.8 Å². The fourth-order valence-corrected chi connectivity index (χ4v) is 5.21. The molecule has 2 amide bonds. The highest BCUT2D eigenvalue weighted by molar-refractivity contribution is 5.98. The molecule has 0 bridgehead atoms. The van der Waals surface area contributed by atoms with Gasteiger partial charge in [0.15, 0.2) is 12.4 Å². The summed E-state index contributed by atoms with van der Waals surface area (Å²) in [6, 6.07) is 5.85. The van der Waals surface area contributed by atoms with Crippen LogP contribution < -0.4 is 9.64 Å². The average molecular weight is 483 g/mol. The first-order chi connectivity index (χ1) is 17.1. The number of hydrogen-bond donors (Lipinski definition) is 0. The van der Waals surface area contributed by atoms with Crippen LogP contribution in [0.1, 0.15) is 61.7 Å². The Kier molecular flexibility index (Phi) is 7.32. The molecule has 0 spiro atoms. The van der Waals surface area contributed by atoms with Crippen molar-refractivity contribution in [3.63, 3.8) is 0 Å². The van der Waals surface area contributed by atoms with E-state index in [1.165, 1.54) is 0 Å². The summed E-state index contributed by atoms with van der Waals surface area (Å²) in [6.07, 6.45) is 5.63. The predicted molar refractivity (Wildman–Crippen MR) is 128 cm³/mol. The van der Waals surface area contributed by atoms with Gasteiger partial charge in [-0.15, -0.1) is 0 Å². The number of piperidine rings is 1. The van der Waals surface area contributed by atoms with E-state index in [1.807, 2.05) is 30.0 Å². The molecule has 0 aliphatic carbocycles. The summed E-state index contributed by atoms with van der Waals surface area (Å²) < 4.78 is 16.5. The number of amides is 2. The smallest absolute Gasteiger partial charge is 0.265 e. The molecular weight excluding hydrogens is 448 g/mol. The molecule has 2 fully saturated rings. The Morgan fingerprint density at radius 1 is 1.14 bits per heavy atom. The first-order valence-corrected chi connectivity index (χ1v) is 12.8. The SMILES string of the molecule is Cc1ccc2c(c1)N(CCCC(=O)N1CCC(Cc3nc(C4CCOCC4)no3)CC1)C(=O)CO2. The highest BCUT2D eigenvalue weighted by Crippen LogP contribution is 2.33. The Hall–Kier alpha value is -2.94. The largest absolute Gasteiger partial charge is 0.482 e. The highest BCUT2D eigenvalue weighted by atomic mass is 16.5. The fraction of sp³-hybridized carbons (Fsp3) is 0.615. The van der Waals surface area contributed by atoms with E-state index >= 15 is 0 Å².